The molecule has 1 aliphatic heterocycles. The van der Waals surface area contributed by atoms with E-state index < -0.39 is 0 Å². The predicted octanol–water partition coefficient (Wildman–Crippen LogP) is 3.08. The summed E-state index contributed by atoms with van der Waals surface area (Å²) in [5, 5.41) is 4.26. The van der Waals surface area contributed by atoms with Gasteiger partial charge in [-0.1, -0.05) is 30.3 Å². The first-order valence-corrected chi connectivity index (χ1v) is 8.75. The summed E-state index contributed by atoms with van der Waals surface area (Å²) in [5.74, 6) is 0.874. The third-order valence-corrected chi connectivity index (χ3v) is 4.70. The van der Waals surface area contributed by atoms with Gasteiger partial charge in [0.1, 0.15) is 12.4 Å². The van der Waals surface area contributed by atoms with Crippen LogP contribution < -0.4 is 4.74 Å². The molecular weight excluding hydrogens is 326 g/mol. The van der Waals surface area contributed by atoms with Crippen LogP contribution in [0.4, 0.5) is 0 Å². The summed E-state index contributed by atoms with van der Waals surface area (Å²) >= 11 is 0. The summed E-state index contributed by atoms with van der Waals surface area (Å²) in [4.78, 5) is 14.6. The lowest BCUT2D eigenvalue weighted by atomic mass is 9.95. The second-order valence-electron chi connectivity index (χ2n) is 6.63. The van der Waals surface area contributed by atoms with Crippen molar-refractivity contribution in [1.82, 2.24) is 14.7 Å². The van der Waals surface area contributed by atoms with Crippen molar-refractivity contribution < 1.29 is 9.53 Å². The number of benzene rings is 2. The molecule has 5 nitrogen and oxygen atoms in total. The fraction of sp³-hybridized carbons (Fsp3) is 0.238. The first kappa shape index (κ1) is 16.4. The number of carbonyl (C=O) groups excluding carboxylic acids is 1. The third-order valence-electron chi connectivity index (χ3n) is 4.70. The number of rotatable bonds is 4. The van der Waals surface area contributed by atoms with Crippen molar-refractivity contribution in [3.63, 3.8) is 0 Å². The van der Waals surface area contributed by atoms with Gasteiger partial charge in [-0.2, -0.15) is 5.10 Å². The predicted molar refractivity (Wildman–Crippen MR) is 99.2 cm³/mol. The maximum atomic E-state index is 12.9. The van der Waals surface area contributed by atoms with Crippen LogP contribution in [0.3, 0.4) is 0 Å². The van der Waals surface area contributed by atoms with Crippen LogP contribution in [0.15, 0.2) is 67.0 Å². The van der Waals surface area contributed by atoms with E-state index in [2.05, 4.69) is 11.2 Å². The number of carbonyl (C=O) groups is 1. The van der Waals surface area contributed by atoms with Crippen LogP contribution in [0.25, 0.3) is 5.69 Å². The molecule has 1 atom stereocenters. The Kier molecular flexibility index (Phi) is 4.44. The Balaban J connectivity index is 1.44. The molecule has 2 heterocycles. The number of aromatic nitrogens is 2. The number of hydrogen-bond acceptors (Lipinski definition) is 3. The highest BCUT2D eigenvalue weighted by molar-refractivity contribution is 5.79. The number of amides is 1. The van der Waals surface area contributed by atoms with Crippen molar-refractivity contribution in [2.45, 2.75) is 13.0 Å². The molecule has 26 heavy (non-hydrogen) atoms. The molecule has 4 rings (SSSR count). The summed E-state index contributed by atoms with van der Waals surface area (Å²) < 4.78 is 7.58. The molecule has 0 aliphatic carbocycles. The zero-order valence-corrected chi connectivity index (χ0v) is 14.7. The monoisotopic (exact) mass is 347 g/mol. The molecule has 1 aromatic heterocycles. The van der Waals surface area contributed by atoms with E-state index in [0.717, 1.165) is 29.0 Å². The van der Waals surface area contributed by atoms with Crippen LogP contribution in [-0.2, 0) is 17.8 Å². The molecule has 0 saturated carbocycles. The van der Waals surface area contributed by atoms with E-state index in [4.69, 9.17) is 4.74 Å². The smallest absolute Gasteiger partial charge is 0.229 e. The second kappa shape index (κ2) is 7.04. The highest BCUT2D eigenvalue weighted by Gasteiger charge is 2.28. The van der Waals surface area contributed by atoms with Gasteiger partial charge in [-0.3, -0.25) is 4.79 Å². The zero-order chi connectivity index (χ0) is 17.9. The number of nitrogens with zero attached hydrogens (tertiary/aromatic N) is 3. The van der Waals surface area contributed by atoms with Crippen molar-refractivity contribution in [3.8, 4) is 11.4 Å². The second-order valence-corrected chi connectivity index (χ2v) is 6.63. The Morgan fingerprint density at radius 3 is 2.96 bits per heavy atom. The molecule has 2 aromatic carbocycles. The van der Waals surface area contributed by atoms with Gasteiger partial charge in [0.05, 0.1) is 11.6 Å². The Labute approximate surface area is 152 Å². The minimum Gasteiger partial charge on any atom is -0.492 e. The summed E-state index contributed by atoms with van der Waals surface area (Å²) in [5.41, 5.74) is 3.17. The van der Waals surface area contributed by atoms with Gasteiger partial charge in [0.15, 0.2) is 0 Å². The molecule has 0 bridgehead atoms. The van der Waals surface area contributed by atoms with Crippen LogP contribution in [0, 0.1) is 5.92 Å². The third kappa shape index (κ3) is 3.33. The molecule has 1 unspecified atom stereocenters. The van der Waals surface area contributed by atoms with Gasteiger partial charge in [0.2, 0.25) is 5.91 Å². The van der Waals surface area contributed by atoms with E-state index in [1.165, 1.54) is 0 Å². The molecule has 0 spiro atoms. The van der Waals surface area contributed by atoms with Crippen molar-refractivity contribution in [1.29, 1.82) is 0 Å². The highest BCUT2D eigenvalue weighted by atomic mass is 16.5. The summed E-state index contributed by atoms with van der Waals surface area (Å²) in [7, 11) is 1.85. The minimum absolute atomic E-state index is 0.115. The fourth-order valence-corrected chi connectivity index (χ4v) is 3.37. The summed E-state index contributed by atoms with van der Waals surface area (Å²) in [6.07, 6.45) is 4.39. The van der Waals surface area contributed by atoms with Gasteiger partial charge in [0.25, 0.3) is 0 Å². The Hall–Kier alpha value is -3.08. The van der Waals surface area contributed by atoms with Crippen LogP contribution in [0.2, 0.25) is 0 Å². The van der Waals surface area contributed by atoms with Crippen LogP contribution in [-0.4, -0.2) is 34.2 Å². The van der Waals surface area contributed by atoms with Crippen molar-refractivity contribution in [3.05, 3.63) is 78.1 Å². The lowest BCUT2D eigenvalue weighted by Crippen LogP contribution is -2.38. The fourth-order valence-electron chi connectivity index (χ4n) is 3.37. The van der Waals surface area contributed by atoms with Crippen molar-refractivity contribution >= 4 is 5.91 Å². The Bertz CT molecular complexity index is 905. The van der Waals surface area contributed by atoms with Crippen LogP contribution in [0.5, 0.6) is 5.75 Å². The van der Waals surface area contributed by atoms with Gasteiger partial charge in [-0.05, 0) is 41.8 Å². The van der Waals surface area contributed by atoms with Gasteiger partial charge in [0, 0.05) is 26.0 Å². The van der Waals surface area contributed by atoms with Crippen LogP contribution >= 0.6 is 0 Å². The molecule has 0 N–H and O–H groups in total. The van der Waals surface area contributed by atoms with Crippen LogP contribution in [0.1, 0.15) is 11.1 Å². The lowest BCUT2D eigenvalue weighted by molar-refractivity contribution is -0.136. The maximum absolute atomic E-state index is 12.9. The molecule has 0 saturated heterocycles. The quantitative estimate of drug-likeness (QED) is 0.729. The SMILES string of the molecule is CN(Cc1cccc(-n2cccn2)c1)C(=O)C1COc2ccccc2C1. The maximum Gasteiger partial charge on any atom is 0.229 e. The molecule has 0 radical (unpaired) electrons. The first-order valence-electron chi connectivity index (χ1n) is 8.75. The van der Waals surface area contributed by atoms with Crippen molar-refractivity contribution in [2.75, 3.05) is 13.7 Å². The van der Waals surface area contributed by atoms with Crippen molar-refractivity contribution in [2.24, 2.45) is 5.92 Å². The minimum atomic E-state index is -0.135. The zero-order valence-electron chi connectivity index (χ0n) is 14.7. The first-order chi connectivity index (χ1) is 12.7. The Morgan fingerprint density at radius 1 is 1.23 bits per heavy atom. The molecule has 3 aromatic rings. The summed E-state index contributed by atoms with van der Waals surface area (Å²) in [6, 6.07) is 17.9. The number of ether oxygens (including phenoxy) is 1. The van der Waals surface area contributed by atoms with Gasteiger partial charge in [-0.25, -0.2) is 4.68 Å². The average molecular weight is 347 g/mol. The molecule has 1 amide bonds. The van der Waals surface area contributed by atoms with E-state index in [-0.39, 0.29) is 11.8 Å². The highest BCUT2D eigenvalue weighted by Crippen LogP contribution is 2.27. The number of para-hydroxylation sites is 1. The van der Waals surface area contributed by atoms with E-state index >= 15 is 0 Å². The van der Waals surface area contributed by atoms with E-state index in [1.54, 1.807) is 11.1 Å². The Morgan fingerprint density at radius 2 is 2.12 bits per heavy atom. The lowest BCUT2D eigenvalue weighted by Gasteiger charge is -2.28. The standard InChI is InChI=1S/C21H21N3O2/c1-23(14-16-6-4-8-19(12-16)24-11-5-10-22-24)21(25)18-13-17-7-2-3-9-20(17)26-15-18/h2-12,18H,13-15H2,1H3. The summed E-state index contributed by atoms with van der Waals surface area (Å²) in [6.45, 7) is 1.000. The molecule has 132 valence electrons. The van der Waals surface area contributed by atoms with E-state index in [0.29, 0.717) is 13.2 Å². The largest absolute Gasteiger partial charge is 0.492 e. The topological polar surface area (TPSA) is 47.4 Å². The average Bonchev–Trinajstić information content (AvgIpc) is 3.22. The normalized spacial score (nSPS) is 15.8. The molecule has 0 fully saturated rings. The molecule has 5 heteroatoms. The van der Waals surface area contributed by atoms with Gasteiger partial charge in [-0.15, -0.1) is 0 Å². The van der Waals surface area contributed by atoms with E-state index in [1.807, 2.05) is 66.5 Å². The van der Waals surface area contributed by atoms with E-state index in [9.17, 15) is 4.79 Å². The molecular formula is C21H21N3O2. The number of fused-ring (bicyclic) bond motifs is 1. The van der Waals surface area contributed by atoms with Gasteiger partial charge < -0.3 is 9.64 Å². The van der Waals surface area contributed by atoms with Gasteiger partial charge >= 0.3 is 0 Å². The molecule has 1 aliphatic rings. The number of hydrogen-bond donors (Lipinski definition) is 0.